The standard InChI is InChI=1S/C17H18ClNO4/c1-11-4-6-15(16(8-11)22-3)23-10-17(20)19-12-5-7-14(21-2)13(18)9-12/h4-9H,10H2,1-3H3,(H,19,20). The summed E-state index contributed by atoms with van der Waals surface area (Å²) in [7, 11) is 3.09. The highest BCUT2D eigenvalue weighted by Gasteiger charge is 2.09. The van der Waals surface area contributed by atoms with E-state index >= 15 is 0 Å². The molecule has 0 atom stereocenters. The molecule has 0 radical (unpaired) electrons. The van der Waals surface area contributed by atoms with Crippen LogP contribution in [0.3, 0.4) is 0 Å². The molecule has 0 aliphatic heterocycles. The Balaban J connectivity index is 1.96. The van der Waals surface area contributed by atoms with Crippen molar-refractivity contribution in [1.29, 1.82) is 0 Å². The molecule has 0 aliphatic carbocycles. The van der Waals surface area contributed by atoms with Crippen molar-refractivity contribution >= 4 is 23.2 Å². The third kappa shape index (κ3) is 4.53. The van der Waals surface area contributed by atoms with Crippen LogP contribution in [0, 0.1) is 6.92 Å². The van der Waals surface area contributed by atoms with Crippen LogP contribution in [0.4, 0.5) is 5.69 Å². The van der Waals surface area contributed by atoms with E-state index in [0.717, 1.165) is 5.56 Å². The molecule has 1 N–H and O–H groups in total. The van der Waals surface area contributed by atoms with Crippen LogP contribution in [0.1, 0.15) is 5.56 Å². The number of hydrogen-bond donors (Lipinski definition) is 1. The largest absolute Gasteiger partial charge is 0.495 e. The molecule has 2 aromatic rings. The lowest BCUT2D eigenvalue weighted by Gasteiger charge is -2.12. The third-order valence-electron chi connectivity index (χ3n) is 3.11. The zero-order valence-electron chi connectivity index (χ0n) is 13.2. The molecule has 0 saturated carbocycles. The van der Waals surface area contributed by atoms with Gasteiger partial charge in [-0.3, -0.25) is 4.79 Å². The SMILES string of the molecule is COc1ccc(NC(=O)COc2ccc(C)cc2OC)cc1Cl. The van der Waals surface area contributed by atoms with Gasteiger partial charge in [0.05, 0.1) is 19.2 Å². The van der Waals surface area contributed by atoms with E-state index in [1.807, 2.05) is 19.1 Å². The van der Waals surface area contributed by atoms with Crippen LogP contribution in [0.25, 0.3) is 0 Å². The minimum Gasteiger partial charge on any atom is -0.495 e. The van der Waals surface area contributed by atoms with Crippen LogP contribution in [-0.4, -0.2) is 26.7 Å². The molecule has 0 spiro atoms. The molecule has 0 saturated heterocycles. The van der Waals surface area contributed by atoms with E-state index in [9.17, 15) is 4.79 Å². The second-order valence-corrected chi connectivity index (χ2v) is 5.25. The molecular formula is C17H18ClNO4. The van der Waals surface area contributed by atoms with Gasteiger partial charge < -0.3 is 19.5 Å². The lowest BCUT2D eigenvalue weighted by Crippen LogP contribution is -2.20. The maximum atomic E-state index is 12.0. The summed E-state index contributed by atoms with van der Waals surface area (Å²) in [5.74, 6) is 1.35. The number of aryl methyl sites for hydroxylation is 1. The van der Waals surface area contributed by atoms with Gasteiger partial charge in [-0.2, -0.15) is 0 Å². The highest BCUT2D eigenvalue weighted by atomic mass is 35.5. The zero-order valence-corrected chi connectivity index (χ0v) is 13.9. The molecule has 122 valence electrons. The number of hydrogen-bond acceptors (Lipinski definition) is 4. The van der Waals surface area contributed by atoms with Crippen molar-refractivity contribution in [2.24, 2.45) is 0 Å². The van der Waals surface area contributed by atoms with E-state index < -0.39 is 0 Å². The van der Waals surface area contributed by atoms with Crippen LogP contribution in [-0.2, 0) is 4.79 Å². The lowest BCUT2D eigenvalue weighted by atomic mass is 10.2. The first-order valence-electron chi connectivity index (χ1n) is 6.94. The molecular weight excluding hydrogens is 318 g/mol. The lowest BCUT2D eigenvalue weighted by molar-refractivity contribution is -0.118. The fourth-order valence-electron chi connectivity index (χ4n) is 1.98. The van der Waals surface area contributed by atoms with Gasteiger partial charge in [-0.15, -0.1) is 0 Å². The number of rotatable bonds is 6. The fraction of sp³-hybridized carbons (Fsp3) is 0.235. The minimum absolute atomic E-state index is 0.136. The van der Waals surface area contributed by atoms with Gasteiger partial charge in [0.25, 0.3) is 5.91 Å². The summed E-state index contributed by atoms with van der Waals surface area (Å²) in [5.41, 5.74) is 1.62. The van der Waals surface area contributed by atoms with E-state index in [0.29, 0.717) is 28.0 Å². The van der Waals surface area contributed by atoms with Crippen molar-refractivity contribution in [3.8, 4) is 17.2 Å². The zero-order chi connectivity index (χ0) is 16.8. The Morgan fingerprint density at radius 2 is 1.74 bits per heavy atom. The number of benzene rings is 2. The van der Waals surface area contributed by atoms with Crippen molar-refractivity contribution in [2.45, 2.75) is 6.92 Å². The predicted octanol–water partition coefficient (Wildman–Crippen LogP) is 3.68. The summed E-state index contributed by atoms with van der Waals surface area (Å²) >= 11 is 6.02. The Kier molecular flexibility index (Phi) is 5.71. The third-order valence-corrected chi connectivity index (χ3v) is 3.41. The van der Waals surface area contributed by atoms with E-state index in [2.05, 4.69) is 5.32 Å². The topological polar surface area (TPSA) is 56.8 Å². The average molecular weight is 336 g/mol. The summed E-state index contributed by atoms with van der Waals surface area (Å²) in [5, 5.41) is 3.13. The number of anilines is 1. The van der Waals surface area contributed by atoms with Crippen molar-refractivity contribution in [3.05, 3.63) is 47.0 Å². The van der Waals surface area contributed by atoms with Crippen molar-refractivity contribution in [3.63, 3.8) is 0 Å². The fourth-order valence-corrected chi connectivity index (χ4v) is 2.24. The molecule has 0 aromatic heterocycles. The van der Waals surface area contributed by atoms with Gasteiger partial charge in [0.2, 0.25) is 0 Å². The number of methoxy groups -OCH3 is 2. The van der Waals surface area contributed by atoms with Gasteiger partial charge in [0, 0.05) is 5.69 Å². The molecule has 0 unspecified atom stereocenters. The normalized spacial score (nSPS) is 10.1. The van der Waals surface area contributed by atoms with Gasteiger partial charge in [-0.05, 0) is 42.8 Å². The van der Waals surface area contributed by atoms with E-state index in [4.69, 9.17) is 25.8 Å². The minimum atomic E-state index is -0.297. The number of amides is 1. The molecule has 0 aliphatic rings. The highest BCUT2D eigenvalue weighted by Crippen LogP contribution is 2.28. The van der Waals surface area contributed by atoms with Crippen molar-refractivity contribution in [2.75, 3.05) is 26.1 Å². The van der Waals surface area contributed by atoms with Crippen LogP contribution in [0.2, 0.25) is 5.02 Å². The quantitative estimate of drug-likeness (QED) is 0.874. The highest BCUT2D eigenvalue weighted by molar-refractivity contribution is 6.32. The molecule has 23 heavy (non-hydrogen) atoms. The Morgan fingerprint density at radius 3 is 2.39 bits per heavy atom. The number of nitrogens with one attached hydrogen (secondary N) is 1. The first kappa shape index (κ1) is 17.0. The average Bonchev–Trinajstić information content (AvgIpc) is 2.53. The summed E-state index contributed by atoms with van der Waals surface area (Å²) in [4.78, 5) is 12.0. The summed E-state index contributed by atoms with van der Waals surface area (Å²) < 4.78 is 15.8. The van der Waals surface area contributed by atoms with Gasteiger partial charge >= 0.3 is 0 Å². The van der Waals surface area contributed by atoms with Crippen LogP contribution in [0.15, 0.2) is 36.4 Å². The van der Waals surface area contributed by atoms with Crippen molar-refractivity contribution < 1.29 is 19.0 Å². The van der Waals surface area contributed by atoms with E-state index in [1.165, 1.54) is 7.11 Å². The molecule has 6 heteroatoms. The second-order valence-electron chi connectivity index (χ2n) is 4.84. The van der Waals surface area contributed by atoms with Crippen LogP contribution >= 0.6 is 11.6 Å². The molecule has 1 amide bonds. The molecule has 5 nitrogen and oxygen atoms in total. The summed E-state index contributed by atoms with van der Waals surface area (Å²) in [6.45, 7) is 1.81. The summed E-state index contributed by atoms with van der Waals surface area (Å²) in [6.07, 6.45) is 0. The van der Waals surface area contributed by atoms with E-state index in [-0.39, 0.29) is 12.5 Å². The number of carbonyl (C=O) groups excluding carboxylic acids is 1. The summed E-state index contributed by atoms with van der Waals surface area (Å²) in [6, 6.07) is 10.5. The molecule has 2 aromatic carbocycles. The van der Waals surface area contributed by atoms with E-state index in [1.54, 1.807) is 31.4 Å². The Labute approximate surface area is 140 Å². The van der Waals surface area contributed by atoms with Gasteiger partial charge in [0.15, 0.2) is 18.1 Å². The number of carbonyl (C=O) groups is 1. The predicted molar refractivity (Wildman–Crippen MR) is 89.9 cm³/mol. The molecule has 0 bridgehead atoms. The second kappa shape index (κ2) is 7.74. The first-order valence-corrected chi connectivity index (χ1v) is 7.32. The van der Waals surface area contributed by atoms with Crippen LogP contribution in [0.5, 0.6) is 17.2 Å². The maximum absolute atomic E-state index is 12.0. The Morgan fingerprint density at radius 1 is 1.04 bits per heavy atom. The van der Waals surface area contributed by atoms with Gasteiger partial charge in [0.1, 0.15) is 5.75 Å². The maximum Gasteiger partial charge on any atom is 0.262 e. The first-order chi connectivity index (χ1) is 11.0. The van der Waals surface area contributed by atoms with Crippen molar-refractivity contribution in [1.82, 2.24) is 0 Å². The number of halogens is 1. The molecule has 0 heterocycles. The smallest absolute Gasteiger partial charge is 0.262 e. The van der Waals surface area contributed by atoms with Crippen LogP contribution < -0.4 is 19.5 Å². The Bertz CT molecular complexity index is 703. The van der Waals surface area contributed by atoms with Gasteiger partial charge in [-0.25, -0.2) is 0 Å². The number of ether oxygens (including phenoxy) is 3. The Hall–Kier alpha value is -2.40. The monoisotopic (exact) mass is 335 g/mol. The molecule has 0 fully saturated rings. The van der Waals surface area contributed by atoms with Gasteiger partial charge in [-0.1, -0.05) is 17.7 Å². The molecule has 2 rings (SSSR count).